The molecule has 180 valence electrons. The minimum Gasteiger partial charge on any atom is -0.465 e. The van der Waals surface area contributed by atoms with E-state index in [9.17, 15) is 27.6 Å². The molecule has 35 heavy (non-hydrogen) atoms. The number of fused-ring (bicyclic) bond motifs is 1. The van der Waals surface area contributed by atoms with Crippen molar-refractivity contribution >= 4 is 29.2 Å². The zero-order valence-corrected chi connectivity index (χ0v) is 18.0. The van der Waals surface area contributed by atoms with E-state index in [1.54, 1.807) is 0 Å². The van der Waals surface area contributed by atoms with Crippen LogP contribution >= 0.6 is 0 Å². The average molecular weight is 488 g/mol. The number of para-hydroxylation sites is 1. The summed E-state index contributed by atoms with van der Waals surface area (Å²) in [5.41, 5.74) is 0.151. The molecule has 0 saturated carbocycles. The van der Waals surface area contributed by atoms with Gasteiger partial charge in [0, 0.05) is 5.56 Å². The number of rotatable bonds is 4. The van der Waals surface area contributed by atoms with Crippen molar-refractivity contribution in [2.75, 3.05) is 23.9 Å². The Bertz CT molecular complexity index is 1340. The van der Waals surface area contributed by atoms with Crippen molar-refractivity contribution in [2.24, 2.45) is 0 Å². The standard InChI is InChI=1S/C24H16F4N2O5/c1-34-23(33)14-7-9-19-18(11-14)29-21(31)12-30(19)22(32)16-8-6-13(10-17(16)25)15-4-2-3-5-20(15)35-24(26,27)28/h2-11H,12H2,1H3,(H,29,31). The Morgan fingerprint density at radius 2 is 1.77 bits per heavy atom. The Kier molecular flexibility index (Phi) is 6.16. The van der Waals surface area contributed by atoms with Gasteiger partial charge < -0.3 is 14.8 Å². The molecule has 1 aliphatic rings. The molecule has 0 radical (unpaired) electrons. The topological polar surface area (TPSA) is 84.9 Å². The zero-order chi connectivity index (χ0) is 25.3. The molecule has 0 atom stereocenters. The van der Waals surface area contributed by atoms with Crippen LogP contribution in [0.4, 0.5) is 28.9 Å². The SMILES string of the molecule is COC(=O)c1ccc2c(c1)NC(=O)CN2C(=O)c1ccc(-c2ccccc2OC(F)(F)F)cc1F. The number of anilines is 2. The van der Waals surface area contributed by atoms with Gasteiger partial charge in [-0.1, -0.05) is 24.3 Å². The lowest BCUT2D eigenvalue weighted by Crippen LogP contribution is -2.42. The fourth-order valence-corrected chi connectivity index (χ4v) is 3.64. The van der Waals surface area contributed by atoms with Crippen molar-refractivity contribution in [1.82, 2.24) is 0 Å². The highest BCUT2D eigenvalue weighted by Crippen LogP contribution is 2.36. The number of nitrogens with one attached hydrogen (secondary N) is 1. The molecule has 0 bridgehead atoms. The van der Waals surface area contributed by atoms with Crippen LogP contribution in [0.3, 0.4) is 0 Å². The average Bonchev–Trinajstić information content (AvgIpc) is 2.81. The number of methoxy groups -OCH3 is 1. The summed E-state index contributed by atoms with van der Waals surface area (Å²) in [7, 11) is 1.19. The minimum absolute atomic E-state index is 0.0271. The van der Waals surface area contributed by atoms with Gasteiger partial charge in [-0.15, -0.1) is 13.2 Å². The molecule has 1 aliphatic heterocycles. The summed E-state index contributed by atoms with van der Waals surface area (Å²) in [6, 6.07) is 12.6. The summed E-state index contributed by atoms with van der Waals surface area (Å²) in [6.07, 6.45) is -4.94. The first-order chi connectivity index (χ1) is 16.6. The van der Waals surface area contributed by atoms with Crippen molar-refractivity contribution in [3.63, 3.8) is 0 Å². The molecule has 11 heteroatoms. The van der Waals surface area contributed by atoms with E-state index in [0.29, 0.717) is 0 Å². The third-order valence-electron chi connectivity index (χ3n) is 5.15. The normalized spacial score (nSPS) is 13.1. The lowest BCUT2D eigenvalue weighted by molar-refractivity contribution is -0.274. The molecule has 4 rings (SSSR count). The first-order valence-corrected chi connectivity index (χ1v) is 10.1. The maximum atomic E-state index is 15.0. The Morgan fingerprint density at radius 1 is 1.03 bits per heavy atom. The number of nitrogens with zero attached hydrogens (tertiary/aromatic N) is 1. The Hall–Kier alpha value is -4.41. The second-order valence-corrected chi connectivity index (χ2v) is 7.40. The second-order valence-electron chi connectivity index (χ2n) is 7.40. The van der Waals surface area contributed by atoms with Gasteiger partial charge in [0.2, 0.25) is 5.91 Å². The molecule has 0 fully saturated rings. The molecule has 0 spiro atoms. The van der Waals surface area contributed by atoms with Gasteiger partial charge in [-0.25, -0.2) is 9.18 Å². The molecule has 1 heterocycles. The lowest BCUT2D eigenvalue weighted by atomic mass is 10.0. The van der Waals surface area contributed by atoms with Gasteiger partial charge in [-0.05, 0) is 42.0 Å². The number of amides is 2. The molecule has 1 N–H and O–H groups in total. The fourth-order valence-electron chi connectivity index (χ4n) is 3.64. The van der Waals surface area contributed by atoms with Crippen LogP contribution in [0.25, 0.3) is 11.1 Å². The maximum Gasteiger partial charge on any atom is 0.573 e. The van der Waals surface area contributed by atoms with Gasteiger partial charge >= 0.3 is 12.3 Å². The lowest BCUT2D eigenvalue weighted by Gasteiger charge is -2.29. The van der Waals surface area contributed by atoms with Crippen molar-refractivity contribution in [1.29, 1.82) is 0 Å². The summed E-state index contributed by atoms with van der Waals surface area (Å²) in [4.78, 5) is 38.1. The van der Waals surface area contributed by atoms with Crippen LogP contribution < -0.4 is 15.0 Å². The van der Waals surface area contributed by atoms with E-state index in [0.717, 1.165) is 23.1 Å². The van der Waals surface area contributed by atoms with Gasteiger partial charge in [0.1, 0.15) is 18.1 Å². The highest BCUT2D eigenvalue weighted by Gasteiger charge is 2.33. The Balaban J connectivity index is 1.68. The Morgan fingerprint density at radius 3 is 2.46 bits per heavy atom. The second kappa shape index (κ2) is 9.09. The van der Waals surface area contributed by atoms with E-state index in [1.807, 2.05) is 0 Å². The summed E-state index contributed by atoms with van der Waals surface area (Å²) in [5.74, 6) is -3.60. The predicted octanol–water partition coefficient (Wildman–Crippen LogP) is 4.78. The van der Waals surface area contributed by atoms with Crippen molar-refractivity contribution < 1.29 is 41.4 Å². The number of carbonyl (C=O) groups is 3. The van der Waals surface area contributed by atoms with Crippen LogP contribution in [0.1, 0.15) is 20.7 Å². The number of hydrogen-bond acceptors (Lipinski definition) is 5. The molecule has 0 aliphatic carbocycles. The number of benzene rings is 3. The van der Waals surface area contributed by atoms with E-state index < -0.39 is 47.8 Å². The molecular formula is C24H16F4N2O5. The van der Waals surface area contributed by atoms with Crippen molar-refractivity contribution in [3.8, 4) is 16.9 Å². The number of esters is 1. The monoisotopic (exact) mass is 488 g/mol. The van der Waals surface area contributed by atoms with Crippen molar-refractivity contribution in [2.45, 2.75) is 6.36 Å². The predicted molar refractivity (Wildman–Crippen MR) is 117 cm³/mol. The van der Waals surface area contributed by atoms with E-state index >= 15 is 4.39 Å². The molecule has 7 nitrogen and oxygen atoms in total. The van der Waals surface area contributed by atoms with E-state index in [-0.39, 0.29) is 28.1 Å². The van der Waals surface area contributed by atoms with E-state index in [2.05, 4.69) is 14.8 Å². The van der Waals surface area contributed by atoms with E-state index in [4.69, 9.17) is 0 Å². The summed E-state index contributed by atoms with van der Waals surface area (Å²) >= 11 is 0. The molecule has 0 saturated heterocycles. The number of alkyl halides is 3. The summed E-state index contributed by atoms with van der Waals surface area (Å²) in [6.45, 7) is -0.410. The minimum atomic E-state index is -4.94. The first-order valence-electron chi connectivity index (χ1n) is 10.1. The number of hydrogen-bond donors (Lipinski definition) is 1. The molecule has 0 aromatic heterocycles. The van der Waals surface area contributed by atoms with Crippen LogP contribution in [0, 0.1) is 5.82 Å². The number of halogens is 4. The quantitative estimate of drug-likeness (QED) is 0.422. The molecule has 3 aromatic rings. The van der Waals surface area contributed by atoms with Crippen LogP contribution in [-0.4, -0.2) is 37.8 Å². The fraction of sp³-hybridized carbons (Fsp3) is 0.125. The summed E-state index contributed by atoms with van der Waals surface area (Å²) < 4.78 is 61.9. The maximum absolute atomic E-state index is 15.0. The molecule has 0 unspecified atom stereocenters. The number of ether oxygens (including phenoxy) is 2. The van der Waals surface area contributed by atoms with Gasteiger partial charge in [-0.3, -0.25) is 14.5 Å². The van der Waals surface area contributed by atoms with Crippen LogP contribution in [0.15, 0.2) is 60.7 Å². The highest BCUT2D eigenvalue weighted by atomic mass is 19.4. The van der Waals surface area contributed by atoms with E-state index in [1.165, 1.54) is 49.6 Å². The van der Waals surface area contributed by atoms with Gasteiger partial charge in [0.15, 0.2) is 0 Å². The molecule has 3 aromatic carbocycles. The third-order valence-corrected chi connectivity index (χ3v) is 5.15. The molecule has 2 amide bonds. The molecular weight excluding hydrogens is 472 g/mol. The highest BCUT2D eigenvalue weighted by molar-refractivity contribution is 6.15. The smallest absolute Gasteiger partial charge is 0.465 e. The van der Waals surface area contributed by atoms with Gasteiger partial charge in [0.05, 0.1) is 29.6 Å². The number of carbonyl (C=O) groups excluding carboxylic acids is 3. The van der Waals surface area contributed by atoms with Crippen LogP contribution in [-0.2, 0) is 9.53 Å². The van der Waals surface area contributed by atoms with Gasteiger partial charge in [0.25, 0.3) is 5.91 Å². The summed E-state index contributed by atoms with van der Waals surface area (Å²) in [5, 5.41) is 2.55. The first kappa shape index (κ1) is 23.7. The third kappa shape index (κ3) is 4.93. The largest absolute Gasteiger partial charge is 0.573 e. The van der Waals surface area contributed by atoms with Crippen LogP contribution in [0.2, 0.25) is 0 Å². The van der Waals surface area contributed by atoms with Crippen LogP contribution in [0.5, 0.6) is 5.75 Å². The van der Waals surface area contributed by atoms with Gasteiger partial charge in [-0.2, -0.15) is 0 Å². The Labute approximate surface area is 195 Å². The zero-order valence-electron chi connectivity index (χ0n) is 18.0. The van der Waals surface area contributed by atoms with Crippen molar-refractivity contribution in [3.05, 3.63) is 77.6 Å².